The van der Waals surface area contributed by atoms with Crippen LogP contribution < -0.4 is 10.6 Å². The van der Waals surface area contributed by atoms with Crippen LogP contribution in [0.15, 0.2) is 53.5 Å². The summed E-state index contributed by atoms with van der Waals surface area (Å²) in [7, 11) is 0. The van der Waals surface area contributed by atoms with Crippen LogP contribution in [0.4, 0.5) is 11.4 Å². The van der Waals surface area contributed by atoms with Gasteiger partial charge in [0.05, 0.1) is 23.5 Å². The first kappa shape index (κ1) is 15.5. The van der Waals surface area contributed by atoms with Gasteiger partial charge in [0.1, 0.15) is 5.84 Å². The van der Waals surface area contributed by atoms with Crippen LogP contribution in [-0.4, -0.2) is 11.4 Å². The van der Waals surface area contributed by atoms with Gasteiger partial charge in [0.2, 0.25) is 0 Å². The molecule has 2 aromatic rings. The molecule has 3 nitrogen and oxygen atoms in total. The fourth-order valence-corrected chi connectivity index (χ4v) is 3.99. The predicted octanol–water partition coefficient (Wildman–Crippen LogP) is 5.48. The molecular weight excluding hydrogens is 318 g/mol. The molecule has 1 heterocycles. The summed E-state index contributed by atoms with van der Waals surface area (Å²) in [4.78, 5) is 4.95. The van der Waals surface area contributed by atoms with Crippen LogP contribution in [0.3, 0.4) is 0 Å². The van der Waals surface area contributed by atoms with E-state index in [0.717, 1.165) is 35.0 Å². The number of hydrogen-bond acceptors (Lipinski definition) is 2. The molecule has 4 heteroatoms. The standard InChI is InChI=1S/C20H22ClN3/c21-16-8-6-7-15(13-16)14-22-19-20(11-4-1-5-12-20)24-18-10-3-2-9-17(18)23-19/h2-3,6-10,13,24H,1,4-5,11-12,14H2,(H,22,23). The molecule has 4 rings (SSSR count). The van der Waals surface area contributed by atoms with Crippen molar-refractivity contribution in [3.8, 4) is 0 Å². The number of rotatable bonds is 2. The minimum Gasteiger partial charge on any atom is -0.371 e. The molecule has 0 atom stereocenters. The minimum absolute atomic E-state index is 0.0504. The normalized spacial score (nSPS) is 20.3. The number of nitrogens with zero attached hydrogens (tertiary/aromatic N) is 1. The average molecular weight is 340 g/mol. The van der Waals surface area contributed by atoms with Crippen LogP contribution >= 0.6 is 11.6 Å². The Morgan fingerprint density at radius 3 is 2.54 bits per heavy atom. The molecule has 0 amide bonds. The molecule has 1 saturated carbocycles. The molecule has 1 aliphatic heterocycles. The third kappa shape index (κ3) is 3.01. The smallest absolute Gasteiger partial charge is 0.127 e. The largest absolute Gasteiger partial charge is 0.371 e. The Morgan fingerprint density at radius 1 is 0.958 bits per heavy atom. The van der Waals surface area contributed by atoms with Crippen molar-refractivity contribution in [3.05, 3.63) is 59.1 Å². The van der Waals surface area contributed by atoms with Crippen molar-refractivity contribution in [2.24, 2.45) is 4.99 Å². The Morgan fingerprint density at radius 2 is 1.75 bits per heavy atom. The van der Waals surface area contributed by atoms with Crippen molar-refractivity contribution < 1.29 is 0 Å². The molecule has 0 saturated heterocycles. The first-order valence-corrected chi connectivity index (χ1v) is 9.07. The molecule has 24 heavy (non-hydrogen) atoms. The highest BCUT2D eigenvalue weighted by atomic mass is 35.5. The van der Waals surface area contributed by atoms with Crippen molar-refractivity contribution in [2.75, 3.05) is 10.6 Å². The van der Waals surface area contributed by atoms with Gasteiger partial charge in [0.25, 0.3) is 0 Å². The first-order chi connectivity index (χ1) is 11.8. The molecule has 0 unspecified atom stereocenters. The van der Waals surface area contributed by atoms with Gasteiger partial charge in [-0.25, -0.2) is 0 Å². The van der Waals surface area contributed by atoms with Gasteiger partial charge in [-0.05, 0) is 42.7 Å². The lowest BCUT2D eigenvalue weighted by Crippen LogP contribution is -2.53. The molecule has 0 aromatic heterocycles. The van der Waals surface area contributed by atoms with E-state index < -0.39 is 0 Å². The second-order valence-corrected chi connectivity index (χ2v) is 7.17. The van der Waals surface area contributed by atoms with Gasteiger partial charge in [-0.3, -0.25) is 4.99 Å². The van der Waals surface area contributed by atoms with Crippen molar-refractivity contribution in [2.45, 2.75) is 44.2 Å². The summed E-state index contributed by atoms with van der Waals surface area (Å²) in [6.07, 6.45) is 6.05. The van der Waals surface area contributed by atoms with E-state index in [-0.39, 0.29) is 5.54 Å². The lowest BCUT2D eigenvalue weighted by atomic mass is 9.79. The summed E-state index contributed by atoms with van der Waals surface area (Å²) in [5.74, 6) is 1.07. The third-order valence-corrected chi connectivity index (χ3v) is 5.26. The van der Waals surface area contributed by atoms with Crippen molar-refractivity contribution in [1.29, 1.82) is 0 Å². The fraction of sp³-hybridized carbons (Fsp3) is 0.350. The van der Waals surface area contributed by atoms with Crippen molar-refractivity contribution >= 4 is 28.8 Å². The molecule has 2 N–H and O–H groups in total. The molecular formula is C20H22ClN3. The average Bonchev–Trinajstić information content (AvgIpc) is 2.61. The fourth-order valence-electron chi connectivity index (χ4n) is 3.78. The van der Waals surface area contributed by atoms with E-state index in [2.05, 4.69) is 41.0 Å². The highest BCUT2D eigenvalue weighted by Gasteiger charge is 2.40. The van der Waals surface area contributed by atoms with E-state index in [1.165, 1.54) is 24.9 Å². The number of amidine groups is 1. The minimum atomic E-state index is -0.0504. The van der Waals surface area contributed by atoms with Gasteiger partial charge < -0.3 is 10.6 Å². The maximum absolute atomic E-state index is 6.10. The highest BCUT2D eigenvalue weighted by molar-refractivity contribution is 6.30. The SMILES string of the molecule is Clc1cccc(CN=C2Nc3ccccc3NC23CCCCC3)c1. The maximum Gasteiger partial charge on any atom is 0.127 e. The molecule has 2 aliphatic rings. The van der Waals surface area contributed by atoms with Crippen LogP contribution in [-0.2, 0) is 6.54 Å². The Kier molecular flexibility index (Phi) is 4.19. The van der Waals surface area contributed by atoms with Gasteiger partial charge in [0.15, 0.2) is 0 Å². The summed E-state index contributed by atoms with van der Waals surface area (Å²) in [5.41, 5.74) is 3.38. The maximum atomic E-state index is 6.10. The van der Waals surface area contributed by atoms with Gasteiger partial charge in [-0.2, -0.15) is 0 Å². The zero-order valence-corrected chi connectivity index (χ0v) is 14.4. The van der Waals surface area contributed by atoms with E-state index in [9.17, 15) is 0 Å². The van der Waals surface area contributed by atoms with E-state index in [0.29, 0.717) is 6.54 Å². The molecule has 1 aliphatic carbocycles. The van der Waals surface area contributed by atoms with Gasteiger partial charge >= 0.3 is 0 Å². The summed E-state index contributed by atoms with van der Waals surface area (Å²) in [6.45, 7) is 0.647. The van der Waals surface area contributed by atoms with Crippen molar-refractivity contribution in [1.82, 2.24) is 0 Å². The number of hydrogen-bond donors (Lipinski definition) is 2. The van der Waals surface area contributed by atoms with Crippen molar-refractivity contribution in [3.63, 3.8) is 0 Å². The zero-order valence-electron chi connectivity index (χ0n) is 13.7. The number of para-hydroxylation sites is 2. The Bertz CT molecular complexity index is 763. The second-order valence-electron chi connectivity index (χ2n) is 6.73. The van der Waals surface area contributed by atoms with E-state index in [1.807, 2.05) is 18.2 Å². The Balaban J connectivity index is 1.66. The Labute approximate surface area is 148 Å². The molecule has 2 aromatic carbocycles. The molecule has 0 bridgehead atoms. The zero-order chi connectivity index (χ0) is 16.4. The summed E-state index contributed by atoms with van der Waals surface area (Å²) >= 11 is 6.10. The van der Waals surface area contributed by atoms with Crippen LogP contribution in [0.1, 0.15) is 37.7 Å². The second kappa shape index (κ2) is 6.48. The number of halogens is 1. The van der Waals surface area contributed by atoms with E-state index in [4.69, 9.17) is 16.6 Å². The number of aliphatic imine (C=N–C) groups is 1. The van der Waals surface area contributed by atoms with Crippen LogP contribution in [0, 0.1) is 0 Å². The van der Waals surface area contributed by atoms with Crippen LogP contribution in [0.5, 0.6) is 0 Å². The number of benzene rings is 2. The number of fused-ring (bicyclic) bond motifs is 1. The van der Waals surface area contributed by atoms with E-state index >= 15 is 0 Å². The van der Waals surface area contributed by atoms with Gasteiger partial charge in [-0.15, -0.1) is 0 Å². The van der Waals surface area contributed by atoms with E-state index in [1.54, 1.807) is 0 Å². The van der Waals surface area contributed by atoms with Crippen LogP contribution in [0.25, 0.3) is 0 Å². The molecule has 1 spiro atoms. The molecule has 1 fully saturated rings. The molecule has 124 valence electrons. The molecule has 0 radical (unpaired) electrons. The third-order valence-electron chi connectivity index (χ3n) is 5.02. The topological polar surface area (TPSA) is 36.4 Å². The predicted molar refractivity (Wildman–Crippen MR) is 102 cm³/mol. The summed E-state index contributed by atoms with van der Waals surface area (Å²) in [5, 5.41) is 8.15. The first-order valence-electron chi connectivity index (χ1n) is 8.69. The number of nitrogens with one attached hydrogen (secondary N) is 2. The summed E-state index contributed by atoms with van der Waals surface area (Å²) < 4.78 is 0. The lowest BCUT2D eigenvalue weighted by molar-refractivity contribution is 0.403. The summed E-state index contributed by atoms with van der Waals surface area (Å²) in [6, 6.07) is 16.3. The van der Waals surface area contributed by atoms with Gasteiger partial charge in [0, 0.05) is 5.02 Å². The highest BCUT2D eigenvalue weighted by Crippen LogP contribution is 2.39. The number of anilines is 2. The Hall–Kier alpha value is -2.00. The lowest BCUT2D eigenvalue weighted by Gasteiger charge is -2.44. The monoisotopic (exact) mass is 339 g/mol. The quantitative estimate of drug-likeness (QED) is 0.760. The van der Waals surface area contributed by atoms with Gasteiger partial charge in [-0.1, -0.05) is 55.1 Å². The van der Waals surface area contributed by atoms with Crippen LogP contribution in [0.2, 0.25) is 5.02 Å².